The summed E-state index contributed by atoms with van der Waals surface area (Å²) in [5, 5.41) is 11.9. The first-order valence-corrected chi connectivity index (χ1v) is 10.1. The van der Waals surface area contributed by atoms with Crippen LogP contribution >= 0.6 is 0 Å². The molecule has 4 rings (SSSR count). The summed E-state index contributed by atoms with van der Waals surface area (Å²) in [6.45, 7) is 3.43. The second-order valence-electron chi connectivity index (χ2n) is 7.43. The largest absolute Gasteiger partial charge is 0.350 e. The standard InChI is InChI=1S/C23H22N6O2/c1-16-22-27-20(12-21(30)26-14-19-7-2-3-8-25-19)15-28(22)9-10-29(16)23(31)18-6-4-5-17(11-18)13-24/h2-8,11,15-16H,9-10,12,14H2,1H3,(H,26,30)/t16-/m1/s1. The smallest absolute Gasteiger partial charge is 0.254 e. The number of nitriles is 1. The van der Waals surface area contributed by atoms with Crippen molar-refractivity contribution in [3.05, 3.63) is 83.2 Å². The zero-order chi connectivity index (χ0) is 21.8. The fraction of sp³-hybridized carbons (Fsp3) is 0.261. The lowest BCUT2D eigenvalue weighted by atomic mass is 10.1. The molecule has 3 aromatic rings. The molecule has 3 heterocycles. The quantitative estimate of drug-likeness (QED) is 0.689. The molecule has 8 nitrogen and oxygen atoms in total. The average molecular weight is 414 g/mol. The molecular weight excluding hydrogens is 392 g/mol. The van der Waals surface area contributed by atoms with Gasteiger partial charge in [-0.25, -0.2) is 4.98 Å². The number of hydrogen-bond acceptors (Lipinski definition) is 5. The van der Waals surface area contributed by atoms with E-state index in [0.29, 0.717) is 36.5 Å². The maximum Gasteiger partial charge on any atom is 0.254 e. The SMILES string of the molecule is C[C@@H]1c2nc(CC(=O)NCc3ccccn3)cn2CCN1C(=O)c1cccc(C#N)c1. The molecule has 0 saturated heterocycles. The number of benzene rings is 1. The first-order valence-electron chi connectivity index (χ1n) is 10.1. The zero-order valence-corrected chi connectivity index (χ0v) is 17.2. The molecule has 0 unspecified atom stereocenters. The average Bonchev–Trinajstić information content (AvgIpc) is 3.21. The zero-order valence-electron chi connectivity index (χ0n) is 17.2. The summed E-state index contributed by atoms with van der Waals surface area (Å²) in [5.41, 5.74) is 2.40. The molecule has 2 aromatic heterocycles. The second kappa shape index (κ2) is 8.79. The van der Waals surface area contributed by atoms with E-state index < -0.39 is 0 Å². The number of carbonyl (C=O) groups excluding carboxylic acids is 2. The maximum atomic E-state index is 13.0. The number of pyridine rings is 1. The normalized spacial score (nSPS) is 15.1. The molecule has 8 heteroatoms. The van der Waals surface area contributed by atoms with Crippen LogP contribution in [0.1, 0.15) is 46.1 Å². The molecule has 0 bridgehead atoms. The van der Waals surface area contributed by atoms with Gasteiger partial charge in [-0.1, -0.05) is 12.1 Å². The van der Waals surface area contributed by atoms with Crippen LogP contribution in [0.5, 0.6) is 0 Å². The molecule has 1 atom stereocenters. The van der Waals surface area contributed by atoms with Crippen LogP contribution < -0.4 is 5.32 Å². The van der Waals surface area contributed by atoms with Crippen LogP contribution in [0.3, 0.4) is 0 Å². The van der Waals surface area contributed by atoms with E-state index >= 15 is 0 Å². The highest BCUT2D eigenvalue weighted by molar-refractivity contribution is 5.94. The third-order valence-corrected chi connectivity index (χ3v) is 5.31. The van der Waals surface area contributed by atoms with Gasteiger partial charge in [-0.2, -0.15) is 5.26 Å². The van der Waals surface area contributed by atoms with Gasteiger partial charge in [0.15, 0.2) is 0 Å². The summed E-state index contributed by atoms with van der Waals surface area (Å²) < 4.78 is 2.00. The molecule has 2 amide bonds. The van der Waals surface area contributed by atoms with E-state index in [2.05, 4.69) is 21.4 Å². The van der Waals surface area contributed by atoms with Crippen molar-refractivity contribution in [2.75, 3.05) is 6.54 Å². The van der Waals surface area contributed by atoms with Gasteiger partial charge in [0.2, 0.25) is 5.91 Å². The Balaban J connectivity index is 1.42. The first kappa shape index (κ1) is 20.3. The van der Waals surface area contributed by atoms with Crippen LogP contribution in [0.4, 0.5) is 0 Å². The molecular formula is C23H22N6O2. The fourth-order valence-corrected chi connectivity index (χ4v) is 3.72. The van der Waals surface area contributed by atoms with Crippen molar-refractivity contribution in [1.82, 2.24) is 24.8 Å². The van der Waals surface area contributed by atoms with Crippen molar-refractivity contribution in [3.63, 3.8) is 0 Å². The Morgan fingerprint density at radius 3 is 2.84 bits per heavy atom. The van der Waals surface area contributed by atoms with Gasteiger partial charge in [0.1, 0.15) is 5.82 Å². The summed E-state index contributed by atoms with van der Waals surface area (Å²) >= 11 is 0. The molecule has 31 heavy (non-hydrogen) atoms. The lowest BCUT2D eigenvalue weighted by Crippen LogP contribution is -2.41. The number of fused-ring (bicyclic) bond motifs is 1. The third-order valence-electron chi connectivity index (χ3n) is 5.31. The van der Waals surface area contributed by atoms with E-state index in [1.165, 1.54) is 0 Å². The van der Waals surface area contributed by atoms with E-state index in [0.717, 1.165) is 11.5 Å². The molecule has 0 saturated carbocycles. The van der Waals surface area contributed by atoms with Gasteiger partial charge in [0.05, 0.1) is 42.0 Å². The monoisotopic (exact) mass is 414 g/mol. The van der Waals surface area contributed by atoms with E-state index in [9.17, 15) is 9.59 Å². The number of amides is 2. The molecule has 1 aromatic carbocycles. The number of nitrogens with one attached hydrogen (secondary N) is 1. The van der Waals surface area contributed by atoms with Gasteiger partial charge in [0.25, 0.3) is 5.91 Å². The Labute approximate surface area is 180 Å². The van der Waals surface area contributed by atoms with Crippen LogP contribution in [-0.2, 0) is 24.3 Å². The number of aromatic nitrogens is 3. The molecule has 1 N–H and O–H groups in total. The van der Waals surface area contributed by atoms with Crippen molar-refractivity contribution in [3.8, 4) is 6.07 Å². The predicted octanol–water partition coefficient (Wildman–Crippen LogP) is 2.23. The van der Waals surface area contributed by atoms with Crippen LogP contribution in [-0.4, -0.2) is 37.8 Å². The Hall–Kier alpha value is -3.99. The van der Waals surface area contributed by atoms with Crippen molar-refractivity contribution in [1.29, 1.82) is 5.26 Å². The van der Waals surface area contributed by atoms with Crippen molar-refractivity contribution >= 4 is 11.8 Å². The molecule has 0 spiro atoms. The van der Waals surface area contributed by atoms with Crippen LogP contribution in [0, 0.1) is 11.3 Å². The van der Waals surface area contributed by atoms with Gasteiger partial charge in [-0.05, 0) is 37.3 Å². The lowest BCUT2D eigenvalue weighted by Gasteiger charge is -2.33. The van der Waals surface area contributed by atoms with Gasteiger partial charge in [-0.3, -0.25) is 14.6 Å². The molecule has 0 fully saturated rings. The van der Waals surface area contributed by atoms with Crippen LogP contribution in [0.25, 0.3) is 0 Å². The maximum absolute atomic E-state index is 13.0. The topological polar surface area (TPSA) is 104 Å². The van der Waals surface area contributed by atoms with E-state index in [1.54, 1.807) is 35.4 Å². The van der Waals surface area contributed by atoms with E-state index in [-0.39, 0.29) is 24.3 Å². The minimum Gasteiger partial charge on any atom is -0.350 e. The van der Waals surface area contributed by atoms with Gasteiger partial charge in [-0.15, -0.1) is 0 Å². The van der Waals surface area contributed by atoms with E-state index in [4.69, 9.17) is 5.26 Å². The Bertz CT molecular complexity index is 1150. The molecule has 1 aliphatic rings. The van der Waals surface area contributed by atoms with Crippen molar-refractivity contribution in [2.24, 2.45) is 0 Å². The number of rotatable bonds is 5. The molecule has 0 aliphatic carbocycles. The molecule has 0 radical (unpaired) electrons. The number of carbonyl (C=O) groups is 2. The number of nitrogens with zero attached hydrogens (tertiary/aromatic N) is 5. The van der Waals surface area contributed by atoms with Crippen molar-refractivity contribution in [2.45, 2.75) is 32.5 Å². The number of hydrogen-bond donors (Lipinski definition) is 1. The fourth-order valence-electron chi connectivity index (χ4n) is 3.72. The van der Waals surface area contributed by atoms with Crippen molar-refractivity contribution < 1.29 is 9.59 Å². The Morgan fingerprint density at radius 2 is 2.06 bits per heavy atom. The summed E-state index contributed by atoms with van der Waals surface area (Å²) in [6.07, 6.45) is 3.73. The highest BCUT2D eigenvalue weighted by Gasteiger charge is 2.30. The Morgan fingerprint density at radius 1 is 1.19 bits per heavy atom. The van der Waals surface area contributed by atoms with Gasteiger partial charge in [0, 0.05) is 31.0 Å². The number of imidazole rings is 1. The minimum absolute atomic E-state index is 0.130. The van der Waals surface area contributed by atoms with E-state index in [1.807, 2.05) is 35.9 Å². The second-order valence-corrected chi connectivity index (χ2v) is 7.43. The first-order chi connectivity index (χ1) is 15.0. The highest BCUT2D eigenvalue weighted by atomic mass is 16.2. The minimum atomic E-state index is -0.239. The summed E-state index contributed by atoms with van der Waals surface area (Å²) in [7, 11) is 0. The lowest BCUT2D eigenvalue weighted by molar-refractivity contribution is -0.120. The molecule has 1 aliphatic heterocycles. The summed E-state index contributed by atoms with van der Waals surface area (Å²) in [5.74, 6) is 0.493. The van der Waals surface area contributed by atoms with Gasteiger partial charge < -0.3 is 14.8 Å². The third kappa shape index (κ3) is 4.46. The Kier molecular flexibility index (Phi) is 5.76. The van der Waals surface area contributed by atoms with Gasteiger partial charge >= 0.3 is 0 Å². The van der Waals surface area contributed by atoms with Crippen LogP contribution in [0.15, 0.2) is 54.9 Å². The van der Waals surface area contributed by atoms with Crippen LogP contribution in [0.2, 0.25) is 0 Å². The highest BCUT2D eigenvalue weighted by Crippen LogP contribution is 2.26. The predicted molar refractivity (Wildman–Crippen MR) is 113 cm³/mol. The summed E-state index contributed by atoms with van der Waals surface area (Å²) in [6, 6.07) is 14.1. The molecule has 156 valence electrons. The summed E-state index contributed by atoms with van der Waals surface area (Å²) in [4.78, 5) is 35.9.